The van der Waals surface area contributed by atoms with E-state index in [0.29, 0.717) is 46.5 Å². The quantitative estimate of drug-likeness (QED) is 0.283. The molecule has 2 fully saturated rings. The lowest BCUT2D eigenvalue weighted by Gasteiger charge is -2.28. The van der Waals surface area contributed by atoms with Crippen LogP contribution in [0.15, 0.2) is 67.9 Å². The van der Waals surface area contributed by atoms with Gasteiger partial charge in [0, 0.05) is 42.5 Å². The molecule has 5 heterocycles. The molecule has 1 aliphatic carbocycles. The van der Waals surface area contributed by atoms with E-state index < -0.39 is 5.82 Å². The van der Waals surface area contributed by atoms with E-state index in [-0.39, 0.29) is 23.6 Å². The molecular formula is C30H27FN8O2. The number of hydrogen-bond donors (Lipinski definition) is 1. The Morgan fingerprint density at radius 1 is 1.15 bits per heavy atom. The molecule has 2 aliphatic rings. The van der Waals surface area contributed by atoms with Gasteiger partial charge in [-0.1, -0.05) is 6.58 Å². The average molecular weight is 551 g/mol. The highest BCUT2D eigenvalue weighted by atomic mass is 19.1. The number of nitrogens with one attached hydrogen (secondary N) is 1. The van der Waals surface area contributed by atoms with Gasteiger partial charge in [0.05, 0.1) is 11.2 Å². The first-order valence-electron chi connectivity index (χ1n) is 13.6. The number of likely N-dealkylation sites (tertiary alicyclic amines) is 1. The van der Waals surface area contributed by atoms with Crippen molar-refractivity contribution in [3.63, 3.8) is 0 Å². The third kappa shape index (κ3) is 4.52. The molecule has 7 rings (SSSR count). The number of rotatable bonds is 6. The number of aromatic nitrogens is 6. The number of hydrogen-bond acceptors (Lipinski definition) is 8. The van der Waals surface area contributed by atoms with Gasteiger partial charge in [-0.05, 0) is 68.0 Å². The van der Waals surface area contributed by atoms with Gasteiger partial charge in [-0.15, -0.1) is 0 Å². The van der Waals surface area contributed by atoms with E-state index in [9.17, 15) is 4.79 Å². The van der Waals surface area contributed by atoms with Crippen LogP contribution in [0.5, 0.6) is 11.5 Å². The van der Waals surface area contributed by atoms with Crippen LogP contribution in [0, 0.1) is 18.7 Å². The lowest BCUT2D eigenvalue weighted by atomic mass is 9.78. The van der Waals surface area contributed by atoms with Gasteiger partial charge in [0.15, 0.2) is 11.5 Å². The molecule has 4 aromatic heterocycles. The average Bonchev–Trinajstić information content (AvgIpc) is 3.59. The highest BCUT2D eigenvalue weighted by Crippen LogP contribution is 2.44. The van der Waals surface area contributed by atoms with Crippen LogP contribution in [0.25, 0.3) is 16.7 Å². The Balaban J connectivity index is 1.15. The molecule has 1 saturated carbocycles. The molecule has 0 unspecified atom stereocenters. The van der Waals surface area contributed by atoms with Gasteiger partial charge in [0.25, 0.3) is 0 Å². The van der Waals surface area contributed by atoms with E-state index in [2.05, 4.69) is 31.9 Å². The summed E-state index contributed by atoms with van der Waals surface area (Å²) in [5.41, 5.74) is 3.80. The summed E-state index contributed by atoms with van der Waals surface area (Å²) in [5.74, 6) is 1.40. The van der Waals surface area contributed by atoms with Crippen molar-refractivity contribution >= 4 is 34.1 Å². The summed E-state index contributed by atoms with van der Waals surface area (Å²) in [6.45, 7) is 6.21. The Hall–Kier alpha value is -4.93. The lowest BCUT2D eigenvalue weighted by molar-refractivity contribution is -0.126. The van der Waals surface area contributed by atoms with E-state index in [1.54, 1.807) is 28.9 Å². The van der Waals surface area contributed by atoms with Crippen molar-refractivity contribution in [2.24, 2.45) is 5.92 Å². The Kier molecular flexibility index (Phi) is 6.06. The maximum Gasteiger partial charge on any atom is 0.246 e. The number of benzene rings is 1. The number of fused-ring (bicyclic) bond motifs is 4. The summed E-state index contributed by atoms with van der Waals surface area (Å²) in [6, 6.07) is 10.7. The minimum Gasteiger partial charge on any atom is -0.457 e. The molecule has 206 valence electrons. The van der Waals surface area contributed by atoms with Crippen molar-refractivity contribution in [1.82, 2.24) is 34.4 Å². The van der Waals surface area contributed by atoms with Crippen molar-refractivity contribution in [3.05, 3.63) is 85.0 Å². The van der Waals surface area contributed by atoms with Gasteiger partial charge in [-0.3, -0.25) is 4.79 Å². The summed E-state index contributed by atoms with van der Waals surface area (Å²) < 4.78 is 22.9. The van der Waals surface area contributed by atoms with Crippen molar-refractivity contribution < 1.29 is 13.9 Å². The molecule has 41 heavy (non-hydrogen) atoms. The number of aryl methyl sites for hydroxylation is 1. The minimum atomic E-state index is -0.492. The van der Waals surface area contributed by atoms with Crippen molar-refractivity contribution in [1.29, 1.82) is 0 Å². The molecule has 10 nitrogen and oxygen atoms in total. The van der Waals surface area contributed by atoms with Gasteiger partial charge < -0.3 is 15.0 Å². The largest absolute Gasteiger partial charge is 0.457 e. The molecule has 2 bridgehead atoms. The number of anilines is 2. The zero-order valence-electron chi connectivity index (χ0n) is 22.4. The molecule has 1 aliphatic heterocycles. The third-order valence-electron chi connectivity index (χ3n) is 8.17. The van der Waals surface area contributed by atoms with E-state index in [0.717, 1.165) is 30.5 Å². The molecule has 0 spiro atoms. The molecule has 1 aromatic carbocycles. The normalized spacial score (nSPS) is 20.0. The van der Waals surface area contributed by atoms with E-state index in [1.165, 1.54) is 24.8 Å². The predicted molar refractivity (Wildman–Crippen MR) is 151 cm³/mol. The summed E-state index contributed by atoms with van der Waals surface area (Å²) >= 11 is 0. The van der Waals surface area contributed by atoms with Gasteiger partial charge in [0.2, 0.25) is 5.91 Å². The Morgan fingerprint density at radius 3 is 2.93 bits per heavy atom. The van der Waals surface area contributed by atoms with Crippen LogP contribution >= 0.6 is 0 Å². The molecule has 5 aromatic rings. The zero-order valence-corrected chi connectivity index (χ0v) is 22.4. The molecule has 3 atom stereocenters. The van der Waals surface area contributed by atoms with E-state index in [1.807, 2.05) is 24.0 Å². The number of halogens is 1. The van der Waals surface area contributed by atoms with Crippen LogP contribution in [0.4, 0.5) is 15.9 Å². The number of amides is 1. The standard InChI is InChI=1S/C30H27FN8O2/c1-3-28(40)38-14-18-11-19(38)4-5-21(18)23-6-7-24-29(36-23)30(34-15-32-24)37-25-10-17(2)26(13-22(25)31)41-20-8-9-39-27(12-20)33-16-35-39/h3,6-10,12-13,15-16,18-19,21H,1,4-5,11,14H2,2H3,(H,32,34,37)/t18-,19+,21-/m0/s1. The first kappa shape index (κ1) is 25.1. The van der Waals surface area contributed by atoms with Crippen LogP contribution in [0.3, 0.4) is 0 Å². The Morgan fingerprint density at radius 2 is 2.05 bits per heavy atom. The third-order valence-corrected chi connectivity index (χ3v) is 8.17. The van der Waals surface area contributed by atoms with E-state index in [4.69, 9.17) is 9.72 Å². The van der Waals surface area contributed by atoms with Gasteiger partial charge >= 0.3 is 0 Å². The molecule has 1 saturated heterocycles. The highest BCUT2D eigenvalue weighted by molar-refractivity contribution is 5.88. The number of carbonyl (C=O) groups is 1. The second-order valence-electron chi connectivity index (χ2n) is 10.6. The van der Waals surface area contributed by atoms with Crippen LogP contribution in [-0.2, 0) is 4.79 Å². The molecule has 1 N–H and O–H groups in total. The van der Waals surface area contributed by atoms with Crippen LogP contribution in [0.2, 0.25) is 0 Å². The zero-order chi connectivity index (χ0) is 28.1. The van der Waals surface area contributed by atoms with Crippen LogP contribution in [0.1, 0.15) is 36.4 Å². The topological polar surface area (TPSA) is 110 Å². The number of carbonyl (C=O) groups excluding carboxylic acids is 1. The number of nitrogens with zero attached hydrogens (tertiary/aromatic N) is 7. The van der Waals surface area contributed by atoms with E-state index >= 15 is 4.39 Å². The first-order chi connectivity index (χ1) is 20.0. The maximum atomic E-state index is 15.4. The molecular weight excluding hydrogens is 523 g/mol. The van der Waals surface area contributed by atoms with Gasteiger partial charge in [-0.25, -0.2) is 28.8 Å². The summed E-state index contributed by atoms with van der Waals surface area (Å²) in [4.78, 5) is 32.2. The Labute approximate surface area is 234 Å². The lowest BCUT2D eigenvalue weighted by Crippen LogP contribution is -2.33. The molecule has 0 radical (unpaired) electrons. The monoisotopic (exact) mass is 550 g/mol. The van der Waals surface area contributed by atoms with Gasteiger partial charge in [-0.2, -0.15) is 5.10 Å². The highest BCUT2D eigenvalue weighted by Gasteiger charge is 2.43. The first-order valence-corrected chi connectivity index (χ1v) is 13.6. The van der Waals surface area contributed by atoms with Gasteiger partial charge in [0.1, 0.15) is 35.5 Å². The number of pyridine rings is 2. The minimum absolute atomic E-state index is 0.00497. The van der Waals surface area contributed by atoms with Crippen molar-refractivity contribution in [2.75, 3.05) is 11.9 Å². The summed E-state index contributed by atoms with van der Waals surface area (Å²) in [7, 11) is 0. The maximum absolute atomic E-state index is 15.4. The van der Waals surface area contributed by atoms with Crippen LogP contribution in [-0.4, -0.2) is 52.9 Å². The second-order valence-corrected chi connectivity index (χ2v) is 10.6. The summed E-state index contributed by atoms with van der Waals surface area (Å²) in [6.07, 6.45) is 8.87. The smallest absolute Gasteiger partial charge is 0.246 e. The number of ether oxygens (including phenoxy) is 1. The fourth-order valence-electron chi connectivity index (χ4n) is 6.14. The fraction of sp³-hybridized carbons (Fsp3) is 0.267. The SMILES string of the molecule is C=CC(=O)N1C[C@@H]2C[C@H]1CC[C@@H]2c1ccc2ncnc(Nc3cc(C)c(Oc4ccn5ncnc5c4)cc3F)c2n1. The Bertz CT molecular complexity index is 1820. The van der Waals surface area contributed by atoms with Crippen LogP contribution < -0.4 is 10.1 Å². The molecule has 11 heteroatoms. The second kappa shape index (κ2) is 9.92. The predicted octanol–water partition coefficient (Wildman–Crippen LogP) is 5.33. The van der Waals surface area contributed by atoms with Crippen molar-refractivity contribution in [3.8, 4) is 11.5 Å². The van der Waals surface area contributed by atoms with Crippen molar-refractivity contribution in [2.45, 2.75) is 38.1 Å². The molecule has 1 amide bonds. The summed E-state index contributed by atoms with van der Waals surface area (Å²) in [5, 5.41) is 7.21. The fourth-order valence-corrected chi connectivity index (χ4v) is 6.14.